The molecular weight excluding hydrogens is 652 g/mol. The lowest BCUT2D eigenvalue weighted by Crippen LogP contribution is -2.31. The molecular formula is C36H32N10O5. The highest BCUT2D eigenvalue weighted by atomic mass is 16.5. The second-order valence-electron chi connectivity index (χ2n) is 10.9. The molecule has 0 aliphatic heterocycles. The zero-order chi connectivity index (χ0) is 36.5. The number of nitriles is 2. The van der Waals surface area contributed by atoms with Crippen LogP contribution >= 0.6 is 0 Å². The number of carbonyl (C=O) groups excluding carboxylic acids is 3. The van der Waals surface area contributed by atoms with E-state index in [0.717, 1.165) is 11.0 Å². The number of nitrogens with two attached hydrogens (primary N) is 3. The van der Waals surface area contributed by atoms with E-state index in [9.17, 15) is 24.9 Å². The molecule has 256 valence electrons. The van der Waals surface area contributed by atoms with Gasteiger partial charge in [0, 0.05) is 40.1 Å². The second kappa shape index (κ2) is 15.6. The Kier molecular flexibility index (Phi) is 10.7. The Labute approximate surface area is 290 Å². The summed E-state index contributed by atoms with van der Waals surface area (Å²) in [6.45, 7) is 1.19. The number of H-pyrrole nitrogens is 2. The number of anilines is 4. The van der Waals surface area contributed by atoms with Crippen LogP contribution in [-0.2, 0) is 14.4 Å². The molecule has 2 aromatic heterocycles. The first-order valence-corrected chi connectivity index (χ1v) is 15.3. The molecule has 0 radical (unpaired) electrons. The highest BCUT2D eigenvalue weighted by Crippen LogP contribution is 2.32. The quantitative estimate of drug-likeness (QED) is 0.103. The number of ether oxygens (including phenoxy) is 2. The number of hydrogen-bond donors (Lipinski definition) is 8. The molecule has 0 fully saturated rings. The number of aromatic amines is 2. The molecule has 6 rings (SSSR count). The van der Waals surface area contributed by atoms with Crippen LogP contribution in [0.4, 0.5) is 23.0 Å². The van der Waals surface area contributed by atoms with Crippen molar-refractivity contribution >= 4 is 62.5 Å². The molecule has 0 atom stereocenters. The predicted octanol–water partition coefficient (Wildman–Crippen LogP) is 4.80. The maximum absolute atomic E-state index is 11.7. The van der Waals surface area contributed by atoms with Gasteiger partial charge in [-0.1, -0.05) is 0 Å². The molecule has 51 heavy (non-hydrogen) atoms. The summed E-state index contributed by atoms with van der Waals surface area (Å²) in [7, 11) is 0. The average Bonchev–Trinajstić information content (AvgIpc) is 3.62. The van der Waals surface area contributed by atoms with Crippen molar-refractivity contribution in [2.45, 2.75) is 6.92 Å². The van der Waals surface area contributed by atoms with Gasteiger partial charge in [0.05, 0.1) is 13.1 Å². The first-order valence-electron chi connectivity index (χ1n) is 15.3. The fraction of sp³-hybridized carbons (Fsp3) is 0.0833. The maximum Gasteiger partial charge on any atom is 0.243 e. The van der Waals surface area contributed by atoms with E-state index in [1.807, 2.05) is 0 Å². The summed E-state index contributed by atoms with van der Waals surface area (Å²) in [5.74, 6) is 2.11. The maximum atomic E-state index is 11.7. The van der Waals surface area contributed by atoms with Crippen molar-refractivity contribution in [1.82, 2.24) is 15.3 Å². The number of nitrogens with zero attached hydrogens (tertiary/aromatic N) is 2. The average molecular weight is 685 g/mol. The summed E-state index contributed by atoms with van der Waals surface area (Å²) in [6, 6.07) is 28.5. The zero-order valence-electron chi connectivity index (χ0n) is 27.2. The van der Waals surface area contributed by atoms with Gasteiger partial charge in [-0.3, -0.25) is 14.4 Å². The van der Waals surface area contributed by atoms with Gasteiger partial charge in [-0.25, -0.2) is 0 Å². The summed E-state index contributed by atoms with van der Waals surface area (Å²) >= 11 is 0. The number of nitrogen functional groups attached to an aromatic ring is 2. The van der Waals surface area contributed by atoms with E-state index in [4.69, 9.17) is 26.7 Å². The second-order valence-corrected chi connectivity index (χ2v) is 10.9. The van der Waals surface area contributed by atoms with Crippen molar-refractivity contribution in [3.63, 3.8) is 0 Å². The summed E-state index contributed by atoms with van der Waals surface area (Å²) in [5.41, 5.74) is 20.3. The molecule has 4 aromatic carbocycles. The summed E-state index contributed by atoms with van der Waals surface area (Å²) in [6.07, 6.45) is 0. The van der Waals surface area contributed by atoms with E-state index >= 15 is 0 Å². The number of aromatic nitrogens is 2. The summed E-state index contributed by atoms with van der Waals surface area (Å²) in [5, 5.41) is 27.5. The van der Waals surface area contributed by atoms with Gasteiger partial charge in [0.25, 0.3) is 0 Å². The first-order chi connectivity index (χ1) is 24.6. The van der Waals surface area contributed by atoms with Crippen LogP contribution in [0.2, 0.25) is 0 Å². The summed E-state index contributed by atoms with van der Waals surface area (Å²) in [4.78, 5) is 39.6. The molecule has 0 bridgehead atoms. The molecule has 0 saturated heterocycles. The minimum atomic E-state index is -0.321. The lowest BCUT2D eigenvalue weighted by Gasteiger charge is -2.08. The number of nitrogens with one attached hydrogen (secondary N) is 5. The smallest absolute Gasteiger partial charge is 0.243 e. The number of carbonyl (C=O) groups is 3. The van der Waals surface area contributed by atoms with Crippen LogP contribution < -0.4 is 42.6 Å². The van der Waals surface area contributed by atoms with Crippen LogP contribution in [0.5, 0.6) is 23.0 Å². The molecule has 15 heteroatoms. The molecule has 0 saturated carbocycles. The van der Waals surface area contributed by atoms with E-state index in [-0.39, 0.29) is 30.8 Å². The Balaban J connectivity index is 0.000000199. The van der Waals surface area contributed by atoms with Gasteiger partial charge in [0.2, 0.25) is 17.7 Å². The Morgan fingerprint density at radius 3 is 1.47 bits per heavy atom. The van der Waals surface area contributed by atoms with E-state index < -0.39 is 0 Å². The van der Waals surface area contributed by atoms with Crippen LogP contribution in [0.25, 0.3) is 21.8 Å². The van der Waals surface area contributed by atoms with Crippen LogP contribution in [0, 0.1) is 22.7 Å². The zero-order valence-corrected chi connectivity index (χ0v) is 27.2. The molecule has 0 aliphatic rings. The Hall–Kier alpha value is -7.49. The molecule has 2 heterocycles. The summed E-state index contributed by atoms with van der Waals surface area (Å²) < 4.78 is 11.6. The third kappa shape index (κ3) is 8.71. The SMILES string of the molecule is CC(=O)NCC(=O)Nc1ccc(Oc2ccc3[nH]c(N)c(C#N)c3c2)cc1.N#Cc1c(N)[nH]c2ccc(Oc3ccc(NC(=O)CN)cc3)cc12. The standard InChI is InChI=1S/C19H17N5O3.C17H15N5O2/c1-11(25)22-10-18(26)23-12-2-4-13(5-3-12)27-14-6-7-17-15(8-14)16(9-20)19(21)24-17;18-8-14-13-7-12(5-6-15(13)22-17(14)20)24-11-3-1-10(2-4-11)21-16(23)9-19/h2-8,24H,10,21H2,1H3,(H,22,25)(H,23,26);1-7,22H,9,19-20H2,(H,21,23). The monoisotopic (exact) mass is 684 g/mol. The fourth-order valence-corrected chi connectivity index (χ4v) is 4.86. The predicted molar refractivity (Wildman–Crippen MR) is 193 cm³/mol. The number of rotatable bonds is 9. The Morgan fingerprint density at radius 2 is 1.08 bits per heavy atom. The Bertz CT molecular complexity index is 2310. The van der Waals surface area contributed by atoms with Gasteiger partial charge >= 0.3 is 0 Å². The van der Waals surface area contributed by atoms with Gasteiger partial charge in [-0.05, 0) is 84.9 Å². The molecule has 0 unspecified atom stereocenters. The lowest BCUT2D eigenvalue weighted by molar-refractivity contribution is -0.122. The van der Waals surface area contributed by atoms with Crippen LogP contribution in [0.15, 0.2) is 84.9 Å². The third-order valence-corrected chi connectivity index (χ3v) is 7.25. The largest absolute Gasteiger partial charge is 0.457 e. The third-order valence-electron chi connectivity index (χ3n) is 7.25. The van der Waals surface area contributed by atoms with Gasteiger partial charge in [0.15, 0.2) is 0 Å². The minimum Gasteiger partial charge on any atom is -0.457 e. The number of hydrogen-bond acceptors (Lipinski definition) is 10. The number of amides is 3. The molecule has 15 nitrogen and oxygen atoms in total. The van der Waals surface area contributed by atoms with E-state index in [2.05, 4.69) is 38.1 Å². The van der Waals surface area contributed by atoms with Crippen molar-refractivity contribution in [3.8, 4) is 35.1 Å². The number of benzene rings is 4. The Morgan fingerprint density at radius 1 is 0.667 bits per heavy atom. The van der Waals surface area contributed by atoms with Crippen molar-refractivity contribution in [3.05, 3.63) is 96.1 Å². The van der Waals surface area contributed by atoms with Gasteiger partial charge < -0.3 is 52.6 Å². The molecule has 3 amide bonds. The van der Waals surface area contributed by atoms with Crippen molar-refractivity contribution in [2.24, 2.45) is 5.73 Å². The van der Waals surface area contributed by atoms with Crippen LogP contribution in [0.1, 0.15) is 18.1 Å². The first kappa shape index (κ1) is 34.8. The topological polar surface area (TPSA) is 263 Å². The van der Waals surface area contributed by atoms with E-state index in [1.165, 1.54) is 6.92 Å². The molecule has 0 spiro atoms. The van der Waals surface area contributed by atoms with Gasteiger partial charge in [-0.15, -0.1) is 0 Å². The lowest BCUT2D eigenvalue weighted by atomic mass is 10.1. The number of fused-ring (bicyclic) bond motifs is 2. The molecule has 6 aromatic rings. The normalized spacial score (nSPS) is 10.3. The fourth-order valence-electron chi connectivity index (χ4n) is 4.86. The molecule has 0 aliphatic carbocycles. The van der Waals surface area contributed by atoms with Crippen molar-refractivity contribution < 1.29 is 23.9 Å². The molecule has 11 N–H and O–H groups in total. The minimum absolute atomic E-state index is 0.0702. The van der Waals surface area contributed by atoms with Crippen LogP contribution in [0.3, 0.4) is 0 Å². The van der Waals surface area contributed by atoms with Crippen molar-refractivity contribution in [2.75, 3.05) is 35.2 Å². The van der Waals surface area contributed by atoms with Gasteiger partial charge in [0.1, 0.15) is 57.9 Å². The van der Waals surface area contributed by atoms with E-state index in [0.29, 0.717) is 67.9 Å². The van der Waals surface area contributed by atoms with E-state index in [1.54, 1.807) is 84.9 Å². The van der Waals surface area contributed by atoms with Crippen LogP contribution in [-0.4, -0.2) is 40.8 Å². The highest BCUT2D eigenvalue weighted by Gasteiger charge is 2.12. The van der Waals surface area contributed by atoms with Gasteiger partial charge in [-0.2, -0.15) is 10.5 Å². The van der Waals surface area contributed by atoms with Crippen molar-refractivity contribution in [1.29, 1.82) is 10.5 Å². The highest BCUT2D eigenvalue weighted by molar-refractivity contribution is 5.95.